The second kappa shape index (κ2) is 4.26. The fraction of sp³-hybridized carbons (Fsp3) is 0.846. The van der Waals surface area contributed by atoms with Gasteiger partial charge in [-0.2, -0.15) is 0 Å². The minimum absolute atomic E-state index is 0.432. The molecule has 2 rings (SSSR count). The average molecular weight is 209 g/mol. The summed E-state index contributed by atoms with van der Waals surface area (Å²) >= 11 is 0. The van der Waals surface area contributed by atoms with E-state index in [4.69, 9.17) is 0 Å². The molecule has 0 aromatic heterocycles. The van der Waals surface area contributed by atoms with Crippen molar-refractivity contribution >= 4 is 0 Å². The van der Waals surface area contributed by atoms with E-state index < -0.39 is 5.60 Å². The summed E-state index contributed by atoms with van der Waals surface area (Å²) < 4.78 is 0. The summed E-state index contributed by atoms with van der Waals surface area (Å²) in [6.07, 6.45) is 8.72. The second-order valence-corrected chi connectivity index (χ2v) is 5.61. The predicted molar refractivity (Wildman–Crippen MR) is 62.8 cm³/mol. The Balaban J connectivity index is 1.99. The van der Waals surface area contributed by atoms with E-state index in [2.05, 4.69) is 25.2 Å². The standard InChI is InChI=1S/C13H23NO/c1-10(2)6-7-13(15)8-11-4-3-5-12(9-13)14-11/h6,11-12,14-15H,3-5,7-9H2,1-2H3. The number of aliphatic hydroxyl groups is 1. The number of hydrogen-bond acceptors (Lipinski definition) is 2. The fourth-order valence-corrected chi connectivity index (χ4v) is 2.99. The van der Waals surface area contributed by atoms with Crippen molar-refractivity contribution in [2.75, 3.05) is 0 Å². The Bertz CT molecular complexity index is 243. The van der Waals surface area contributed by atoms with Crippen molar-refractivity contribution in [3.05, 3.63) is 11.6 Å². The molecule has 2 heterocycles. The van der Waals surface area contributed by atoms with Gasteiger partial charge in [0.05, 0.1) is 5.60 Å². The normalized spacial score (nSPS) is 39.9. The van der Waals surface area contributed by atoms with Gasteiger partial charge in [-0.05, 0) is 46.0 Å². The van der Waals surface area contributed by atoms with Crippen LogP contribution >= 0.6 is 0 Å². The summed E-state index contributed by atoms with van der Waals surface area (Å²) in [4.78, 5) is 0. The Kier molecular flexibility index (Phi) is 3.17. The van der Waals surface area contributed by atoms with Crippen LogP contribution in [0.4, 0.5) is 0 Å². The van der Waals surface area contributed by atoms with Gasteiger partial charge >= 0.3 is 0 Å². The fourth-order valence-electron chi connectivity index (χ4n) is 2.99. The molecule has 2 heteroatoms. The Morgan fingerprint density at radius 3 is 2.47 bits per heavy atom. The van der Waals surface area contributed by atoms with E-state index in [0.717, 1.165) is 19.3 Å². The van der Waals surface area contributed by atoms with Gasteiger partial charge in [-0.15, -0.1) is 0 Å². The lowest BCUT2D eigenvalue weighted by molar-refractivity contribution is -0.0283. The molecule has 2 atom stereocenters. The van der Waals surface area contributed by atoms with Gasteiger partial charge in [0.2, 0.25) is 0 Å². The molecule has 0 saturated carbocycles. The number of nitrogens with one attached hydrogen (secondary N) is 1. The molecule has 0 radical (unpaired) electrons. The van der Waals surface area contributed by atoms with E-state index in [9.17, 15) is 5.11 Å². The lowest BCUT2D eigenvalue weighted by Crippen LogP contribution is -2.55. The molecule has 2 aliphatic heterocycles. The first kappa shape index (κ1) is 11.2. The third-order valence-corrected chi connectivity index (χ3v) is 3.72. The zero-order chi connectivity index (χ0) is 10.9. The molecule has 0 aliphatic carbocycles. The molecule has 15 heavy (non-hydrogen) atoms. The predicted octanol–water partition coefficient (Wildman–Crippen LogP) is 2.38. The summed E-state index contributed by atoms with van der Waals surface area (Å²) in [6.45, 7) is 4.20. The third-order valence-electron chi connectivity index (χ3n) is 3.72. The number of fused-ring (bicyclic) bond motifs is 2. The van der Waals surface area contributed by atoms with E-state index in [1.54, 1.807) is 0 Å². The minimum atomic E-state index is -0.432. The first-order chi connectivity index (χ1) is 7.07. The SMILES string of the molecule is CC(C)=CCC1(O)CC2CCCC(C1)N2. The van der Waals surface area contributed by atoms with Gasteiger partial charge in [0.15, 0.2) is 0 Å². The minimum Gasteiger partial charge on any atom is -0.389 e. The molecule has 0 amide bonds. The molecule has 86 valence electrons. The summed E-state index contributed by atoms with van der Waals surface area (Å²) in [5.74, 6) is 0. The Hall–Kier alpha value is -0.340. The number of rotatable bonds is 2. The quantitative estimate of drug-likeness (QED) is 0.684. The van der Waals surface area contributed by atoms with Crippen molar-refractivity contribution in [2.24, 2.45) is 0 Å². The van der Waals surface area contributed by atoms with Crippen LogP contribution in [0.15, 0.2) is 11.6 Å². The Morgan fingerprint density at radius 2 is 1.93 bits per heavy atom. The molecule has 2 saturated heterocycles. The summed E-state index contributed by atoms with van der Waals surface area (Å²) in [5.41, 5.74) is 0.880. The zero-order valence-electron chi connectivity index (χ0n) is 9.92. The van der Waals surface area contributed by atoms with Crippen LogP contribution in [0.3, 0.4) is 0 Å². The highest BCUT2D eigenvalue weighted by Crippen LogP contribution is 2.35. The van der Waals surface area contributed by atoms with Crippen LogP contribution in [0.1, 0.15) is 52.4 Å². The van der Waals surface area contributed by atoms with Gasteiger partial charge in [0.25, 0.3) is 0 Å². The van der Waals surface area contributed by atoms with Crippen molar-refractivity contribution in [2.45, 2.75) is 70.1 Å². The van der Waals surface area contributed by atoms with Crippen molar-refractivity contribution in [3.63, 3.8) is 0 Å². The van der Waals surface area contributed by atoms with Crippen LogP contribution in [-0.2, 0) is 0 Å². The molecule has 2 fully saturated rings. The second-order valence-electron chi connectivity index (χ2n) is 5.61. The van der Waals surface area contributed by atoms with Gasteiger partial charge in [-0.3, -0.25) is 0 Å². The van der Waals surface area contributed by atoms with Crippen LogP contribution < -0.4 is 5.32 Å². The third kappa shape index (κ3) is 2.82. The molecule has 2 unspecified atom stereocenters. The summed E-state index contributed by atoms with van der Waals surface area (Å²) in [5, 5.41) is 14.2. The van der Waals surface area contributed by atoms with E-state index >= 15 is 0 Å². The van der Waals surface area contributed by atoms with E-state index in [-0.39, 0.29) is 0 Å². The highest BCUT2D eigenvalue weighted by Gasteiger charge is 2.39. The summed E-state index contributed by atoms with van der Waals surface area (Å²) in [6, 6.07) is 1.13. The van der Waals surface area contributed by atoms with Crippen molar-refractivity contribution in [3.8, 4) is 0 Å². The van der Waals surface area contributed by atoms with E-state index in [1.165, 1.54) is 24.8 Å². The van der Waals surface area contributed by atoms with Crippen LogP contribution in [0, 0.1) is 0 Å². The first-order valence-electron chi connectivity index (χ1n) is 6.19. The highest BCUT2D eigenvalue weighted by atomic mass is 16.3. The molecule has 2 N–H and O–H groups in total. The molecule has 2 aliphatic rings. The van der Waals surface area contributed by atoms with Crippen LogP contribution in [0.25, 0.3) is 0 Å². The van der Waals surface area contributed by atoms with Gasteiger partial charge < -0.3 is 10.4 Å². The Labute approximate surface area is 92.8 Å². The topological polar surface area (TPSA) is 32.3 Å². The van der Waals surface area contributed by atoms with Gasteiger partial charge in [-0.25, -0.2) is 0 Å². The first-order valence-corrected chi connectivity index (χ1v) is 6.19. The van der Waals surface area contributed by atoms with Crippen molar-refractivity contribution < 1.29 is 5.11 Å². The van der Waals surface area contributed by atoms with E-state index in [1.807, 2.05) is 0 Å². The highest BCUT2D eigenvalue weighted by molar-refractivity contribution is 5.04. The number of allylic oxidation sites excluding steroid dienone is 1. The van der Waals surface area contributed by atoms with E-state index in [0.29, 0.717) is 12.1 Å². The smallest absolute Gasteiger partial charge is 0.0711 e. The molecule has 2 bridgehead atoms. The molecular weight excluding hydrogens is 186 g/mol. The molecule has 0 spiro atoms. The van der Waals surface area contributed by atoms with Crippen LogP contribution in [0.5, 0.6) is 0 Å². The van der Waals surface area contributed by atoms with Crippen molar-refractivity contribution in [1.82, 2.24) is 5.32 Å². The monoisotopic (exact) mass is 209 g/mol. The maximum absolute atomic E-state index is 10.5. The average Bonchev–Trinajstić information content (AvgIpc) is 2.14. The molecular formula is C13H23NO. The lowest BCUT2D eigenvalue weighted by atomic mass is 9.75. The van der Waals surface area contributed by atoms with Crippen molar-refractivity contribution in [1.29, 1.82) is 0 Å². The van der Waals surface area contributed by atoms with Crippen LogP contribution in [-0.4, -0.2) is 22.8 Å². The lowest BCUT2D eigenvalue weighted by Gasteiger charge is -2.45. The zero-order valence-corrected chi connectivity index (χ0v) is 9.92. The molecule has 0 aromatic carbocycles. The number of piperidine rings is 2. The summed E-state index contributed by atoms with van der Waals surface area (Å²) in [7, 11) is 0. The van der Waals surface area contributed by atoms with Gasteiger partial charge in [0.1, 0.15) is 0 Å². The van der Waals surface area contributed by atoms with Gasteiger partial charge in [-0.1, -0.05) is 18.1 Å². The molecule has 2 nitrogen and oxygen atoms in total. The molecule has 0 aromatic rings. The van der Waals surface area contributed by atoms with Gasteiger partial charge in [0, 0.05) is 12.1 Å². The number of hydrogen-bond donors (Lipinski definition) is 2. The maximum atomic E-state index is 10.5. The maximum Gasteiger partial charge on any atom is 0.0711 e. The Morgan fingerprint density at radius 1 is 1.33 bits per heavy atom. The largest absolute Gasteiger partial charge is 0.389 e. The van der Waals surface area contributed by atoms with Crippen LogP contribution in [0.2, 0.25) is 0 Å².